The van der Waals surface area contributed by atoms with Gasteiger partial charge in [-0.2, -0.15) is 0 Å². The second-order valence-corrected chi connectivity index (χ2v) is 8.22. The first-order valence-electron chi connectivity index (χ1n) is 9.90. The number of H-pyrrole nitrogens is 1. The molecule has 0 saturated carbocycles. The smallest absolute Gasteiger partial charge is 0.405 e. The van der Waals surface area contributed by atoms with Crippen molar-refractivity contribution in [3.63, 3.8) is 0 Å². The lowest BCUT2D eigenvalue weighted by atomic mass is 10.0. The van der Waals surface area contributed by atoms with Crippen molar-refractivity contribution in [2.45, 2.75) is 24.1 Å². The number of hydrogen-bond donors (Lipinski definition) is 1. The summed E-state index contributed by atoms with van der Waals surface area (Å²) in [5.41, 5.74) is 4.35. The van der Waals surface area contributed by atoms with Gasteiger partial charge in [0.2, 0.25) is 0 Å². The number of fused-ring (bicyclic) bond motifs is 2. The standard InChI is InChI=1S/C23H16F3N5OS/c1-13-5-4-6-14-9-15(10-33-22-20-21(28-11-27-20)29-12-30-22)19(31-18(13)14)16-7-2-3-8-17(16)32-23(24,25)26/h2-9,11-12H,10H2,1H3,(H,27,28,29,30). The molecule has 0 amide bonds. The number of para-hydroxylation sites is 2. The summed E-state index contributed by atoms with van der Waals surface area (Å²) in [7, 11) is 0. The number of thioether (sulfide) groups is 1. The fraction of sp³-hybridized carbons (Fsp3) is 0.130. The van der Waals surface area contributed by atoms with Crippen molar-refractivity contribution < 1.29 is 17.9 Å². The molecule has 0 aliphatic carbocycles. The Hall–Kier alpha value is -3.66. The van der Waals surface area contributed by atoms with Gasteiger partial charge in [-0.25, -0.2) is 19.9 Å². The van der Waals surface area contributed by atoms with Crippen molar-refractivity contribution in [1.82, 2.24) is 24.9 Å². The number of aryl methyl sites for hydroxylation is 1. The van der Waals surface area contributed by atoms with Crippen LogP contribution in [0.15, 0.2) is 66.2 Å². The molecule has 0 radical (unpaired) electrons. The van der Waals surface area contributed by atoms with E-state index in [1.807, 2.05) is 31.2 Å². The number of imidazole rings is 1. The molecular weight excluding hydrogens is 451 g/mol. The van der Waals surface area contributed by atoms with Gasteiger partial charge in [0.25, 0.3) is 0 Å². The van der Waals surface area contributed by atoms with Gasteiger partial charge in [0, 0.05) is 16.7 Å². The first kappa shape index (κ1) is 21.2. The largest absolute Gasteiger partial charge is 0.573 e. The monoisotopic (exact) mass is 467 g/mol. The Morgan fingerprint density at radius 3 is 2.73 bits per heavy atom. The normalized spacial score (nSPS) is 11.9. The maximum atomic E-state index is 13.1. The van der Waals surface area contributed by atoms with Gasteiger partial charge in [0.1, 0.15) is 22.6 Å². The van der Waals surface area contributed by atoms with Crippen LogP contribution in [0.4, 0.5) is 13.2 Å². The van der Waals surface area contributed by atoms with Gasteiger partial charge in [-0.05, 0) is 36.2 Å². The first-order chi connectivity index (χ1) is 15.9. The zero-order valence-corrected chi connectivity index (χ0v) is 18.0. The molecule has 166 valence electrons. The molecule has 6 nitrogen and oxygen atoms in total. The first-order valence-corrected chi connectivity index (χ1v) is 10.9. The summed E-state index contributed by atoms with van der Waals surface area (Å²) < 4.78 is 43.5. The maximum Gasteiger partial charge on any atom is 0.573 e. The van der Waals surface area contributed by atoms with E-state index in [0.717, 1.165) is 22.0 Å². The third-order valence-corrected chi connectivity index (χ3v) is 6.09. The summed E-state index contributed by atoms with van der Waals surface area (Å²) in [5, 5.41) is 1.59. The van der Waals surface area contributed by atoms with E-state index in [-0.39, 0.29) is 11.3 Å². The van der Waals surface area contributed by atoms with Crippen molar-refractivity contribution in [2.24, 2.45) is 0 Å². The summed E-state index contributed by atoms with van der Waals surface area (Å²) in [6.45, 7) is 1.92. The van der Waals surface area contributed by atoms with Crippen LogP contribution in [0.5, 0.6) is 5.75 Å². The summed E-state index contributed by atoms with van der Waals surface area (Å²) in [5.74, 6) is 0.118. The minimum Gasteiger partial charge on any atom is -0.405 e. The molecule has 1 N–H and O–H groups in total. The molecule has 3 heterocycles. The molecule has 5 rings (SSSR count). The minimum absolute atomic E-state index is 0.268. The zero-order valence-electron chi connectivity index (χ0n) is 17.2. The second-order valence-electron chi connectivity index (χ2n) is 7.26. The van der Waals surface area contributed by atoms with Gasteiger partial charge in [-0.3, -0.25) is 0 Å². The Morgan fingerprint density at radius 1 is 1.03 bits per heavy atom. The quantitative estimate of drug-likeness (QED) is 0.250. The Balaban J connectivity index is 1.63. The SMILES string of the molecule is Cc1cccc2cc(CSc3ncnc4nc[nH]c34)c(-c3ccccc3OC(F)(F)F)nc12. The minimum atomic E-state index is -4.81. The number of aromatic nitrogens is 5. The summed E-state index contributed by atoms with van der Waals surface area (Å²) >= 11 is 1.42. The average Bonchev–Trinajstić information content (AvgIpc) is 3.26. The fourth-order valence-corrected chi connectivity index (χ4v) is 4.54. The van der Waals surface area contributed by atoms with Crippen molar-refractivity contribution >= 4 is 33.8 Å². The number of ether oxygens (including phenoxy) is 1. The van der Waals surface area contributed by atoms with E-state index in [9.17, 15) is 13.2 Å². The number of aromatic amines is 1. The van der Waals surface area contributed by atoms with Gasteiger partial charge >= 0.3 is 6.36 Å². The highest BCUT2D eigenvalue weighted by Gasteiger charge is 2.32. The fourth-order valence-electron chi connectivity index (χ4n) is 3.61. The maximum absolute atomic E-state index is 13.1. The van der Waals surface area contributed by atoms with Crippen LogP contribution in [-0.4, -0.2) is 31.3 Å². The third kappa shape index (κ3) is 4.34. The lowest BCUT2D eigenvalue weighted by molar-refractivity contribution is -0.274. The number of benzene rings is 2. The zero-order chi connectivity index (χ0) is 23.0. The highest BCUT2D eigenvalue weighted by Crippen LogP contribution is 2.38. The van der Waals surface area contributed by atoms with Crippen LogP contribution < -0.4 is 4.74 Å². The van der Waals surface area contributed by atoms with Crippen LogP contribution in [-0.2, 0) is 5.75 Å². The lowest BCUT2D eigenvalue weighted by Crippen LogP contribution is -2.17. The summed E-state index contributed by atoms with van der Waals surface area (Å²) in [4.78, 5) is 20.4. The molecule has 0 bridgehead atoms. The molecule has 0 aliphatic heterocycles. The molecule has 33 heavy (non-hydrogen) atoms. The van der Waals surface area contributed by atoms with Gasteiger partial charge in [0.05, 0.1) is 17.5 Å². The number of nitrogens with zero attached hydrogens (tertiary/aromatic N) is 4. The molecule has 0 atom stereocenters. The van der Waals surface area contributed by atoms with E-state index < -0.39 is 6.36 Å². The van der Waals surface area contributed by atoms with Gasteiger partial charge in [-0.1, -0.05) is 42.1 Å². The second kappa shape index (κ2) is 8.36. The lowest BCUT2D eigenvalue weighted by Gasteiger charge is -2.16. The van der Waals surface area contributed by atoms with Gasteiger partial charge in [0.15, 0.2) is 5.65 Å². The predicted octanol–water partition coefficient (Wildman–Crippen LogP) is 6.07. The number of halogens is 3. The van der Waals surface area contributed by atoms with Crippen LogP contribution >= 0.6 is 11.8 Å². The summed E-state index contributed by atoms with van der Waals surface area (Å²) in [6, 6.07) is 13.8. The number of hydrogen-bond acceptors (Lipinski definition) is 6. The number of rotatable bonds is 5. The van der Waals surface area contributed by atoms with E-state index in [1.165, 1.54) is 30.2 Å². The number of nitrogens with one attached hydrogen (secondary N) is 1. The molecule has 5 aromatic rings. The van der Waals surface area contributed by atoms with Crippen molar-refractivity contribution in [1.29, 1.82) is 0 Å². The third-order valence-electron chi connectivity index (χ3n) is 5.05. The molecule has 0 fully saturated rings. The van der Waals surface area contributed by atoms with Crippen LogP contribution in [0, 0.1) is 6.92 Å². The van der Waals surface area contributed by atoms with Crippen molar-refractivity contribution in [3.05, 3.63) is 72.3 Å². The van der Waals surface area contributed by atoms with E-state index >= 15 is 0 Å². The molecule has 0 saturated heterocycles. The Bertz CT molecular complexity index is 1470. The predicted molar refractivity (Wildman–Crippen MR) is 120 cm³/mol. The molecule has 0 aliphatic rings. The topological polar surface area (TPSA) is 76.6 Å². The average molecular weight is 467 g/mol. The van der Waals surface area contributed by atoms with E-state index in [2.05, 4.69) is 24.7 Å². The van der Waals surface area contributed by atoms with Crippen molar-refractivity contribution in [2.75, 3.05) is 0 Å². The van der Waals surface area contributed by atoms with Crippen LogP contribution in [0.2, 0.25) is 0 Å². The summed E-state index contributed by atoms with van der Waals surface area (Å²) in [6.07, 6.45) is -1.84. The van der Waals surface area contributed by atoms with Gasteiger partial charge in [-0.15, -0.1) is 13.2 Å². The molecule has 10 heteroatoms. The Kier molecular flexibility index (Phi) is 5.37. The van der Waals surface area contributed by atoms with Crippen LogP contribution in [0.1, 0.15) is 11.1 Å². The molecule has 0 spiro atoms. The van der Waals surface area contributed by atoms with E-state index in [0.29, 0.717) is 27.6 Å². The van der Waals surface area contributed by atoms with Crippen molar-refractivity contribution in [3.8, 4) is 17.0 Å². The van der Waals surface area contributed by atoms with E-state index in [4.69, 9.17) is 4.98 Å². The van der Waals surface area contributed by atoms with Crippen LogP contribution in [0.3, 0.4) is 0 Å². The molecular formula is C23H16F3N5OS. The molecule has 0 unspecified atom stereocenters. The van der Waals surface area contributed by atoms with Gasteiger partial charge < -0.3 is 9.72 Å². The Labute approximate surface area is 190 Å². The number of pyridine rings is 1. The van der Waals surface area contributed by atoms with Crippen LogP contribution in [0.25, 0.3) is 33.3 Å². The highest BCUT2D eigenvalue weighted by molar-refractivity contribution is 7.98. The Morgan fingerprint density at radius 2 is 1.88 bits per heavy atom. The van der Waals surface area contributed by atoms with E-state index in [1.54, 1.807) is 18.5 Å². The molecule has 3 aromatic heterocycles. The molecule has 2 aromatic carbocycles. The number of alkyl halides is 3. The highest BCUT2D eigenvalue weighted by atomic mass is 32.2.